The third-order valence-electron chi connectivity index (χ3n) is 3.54. The maximum atomic E-state index is 13.9. The summed E-state index contributed by atoms with van der Waals surface area (Å²) < 4.78 is 27.1. The van der Waals surface area contributed by atoms with E-state index in [2.05, 4.69) is 10.3 Å². The van der Waals surface area contributed by atoms with Gasteiger partial charge in [0, 0.05) is 24.0 Å². The van der Waals surface area contributed by atoms with Crippen molar-refractivity contribution < 1.29 is 18.5 Å². The summed E-state index contributed by atoms with van der Waals surface area (Å²) in [6, 6.07) is 4.98. The Morgan fingerprint density at radius 2 is 1.96 bits per heavy atom. The summed E-state index contributed by atoms with van der Waals surface area (Å²) >= 11 is 5.68. The molecule has 26 heavy (non-hydrogen) atoms. The van der Waals surface area contributed by atoms with Crippen molar-refractivity contribution in [1.29, 1.82) is 0 Å². The summed E-state index contributed by atoms with van der Waals surface area (Å²) in [7, 11) is 0. The summed E-state index contributed by atoms with van der Waals surface area (Å²) in [6.07, 6.45) is 1.00. The Hall–Kier alpha value is -3.33. The van der Waals surface area contributed by atoms with E-state index in [0.29, 0.717) is 6.07 Å². The third kappa shape index (κ3) is 3.11. The Morgan fingerprint density at radius 3 is 2.65 bits per heavy atom. The number of pyridine rings is 1. The van der Waals surface area contributed by atoms with Gasteiger partial charge in [0.05, 0.1) is 15.8 Å². The largest absolute Gasteiger partial charge is 0.360 e. The van der Waals surface area contributed by atoms with Gasteiger partial charge in [-0.1, -0.05) is 11.6 Å². The van der Waals surface area contributed by atoms with Crippen LogP contribution in [-0.2, 0) is 0 Å². The smallest absolute Gasteiger partial charge is 0.289 e. The van der Waals surface area contributed by atoms with E-state index in [1.54, 1.807) is 0 Å². The highest BCUT2D eigenvalue weighted by molar-refractivity contribution is 6.32. The quantitative estimate of drug-likeness (QED) is 0.535. The number of H-pyrrole nitrogens is 1. The number of benzene rings is 2. The van der Waals surface area contributed by atoms with Crippen molar-refractivity contribution in [3.05, 3.63) is 79.1 Å². The van der Waals surface area contributed by atoms with Gasteiger partial charge in [0.15, 0.2) is 0 Å². The number of amides is 1. The average Bonchev–Trinajstić information content (AvgIpc) is 2.55. The second-order valence-electron chi connectivity index (χ2n) is 5.22. The van der Waals surface area contributed by atoms with Crippen LogP contribution in [0.25, 0.3) is 10.9 Å². The zero-order valence-electron chi connectivity index (χ0n) is 12.7. The zero-order chi connectivity index (χ0) is 19.0. The second-order valence-corrected chi connectivity index (χ2v) is 5.63. The van der Waals surface area contributed by atoms with Gasteiger partial charge in [-0.2, -0.15) is 0 Å². The summed E-state index contributed by atoms with van der Waals surface area (Å²) in [5.41, 5.74) is -1.91. The van der Waals surface area contributed by atoms with Gasteiger partial charge in [-0.15, -0.1) is 0 Å². The van der Waals surface area contributed by atoms with Crippen LogP contribution in [0.3, 0.4) is 0 Å². The van der Waals surface area contributed by atoms with Crippen molar-refractivity contribution in [3.8, 4) is 0 Å². The second kappa shape index (κ2) is 6.52. The van der Waals surface area contributed by atoms with Crippen LogP contribution < -0.4 is 10.7 Å². The summed E-state index contributed by atoms with van der Waals surface area (Å²) in [4.78, 5) is 37.3. The molecular weight excluding hydrogens is 372 g/mol. The highest BCUT2D eigenvalue weighted by Crippen LogP contribution is 2.27. The molecule has 0 aliphatic heterocycles. The first-order valence-electron chi connectivity index (χ1n) is 7.03. The van der Waals surface area contributed by atoms with E-state index in [-0.39, 0.29) is 16.2 Å². The average molecular weight is 380 g/mol. The lowest BCUT2D eigenvalue weighted by atomic mass is 10.1. The minimum atomic E-state index is -1.11. The monoisotopic (exact) mass is 379 g/mol. The molecule has 1 aromatic heterocycles. The van der Waals surface area contributed by atoms with Crippen molar-refractivity contribution >= 4 is 39.8 Å². The van der Waals surface area contributed by atoms with Gasteiger partial charge in [0.25, 0.3) is 11.6 Å². The van der Waals surface area contributed by atoms with Crippen LogP contribution in [0.2, 0.25) is 5.02 Å². The predicted molar refractivity (Wildman–Crippen MR) is 90.5 cm³/mol. The summed E-state index contributed by atoms with van der Waals surface area (Å²) in [5.74, 6) is -2.91. The Bertz CT molecular complexity index is 1130. The summed E-state index contributed by atoms with van der Waals surface area (Å²) in [6.45, 7) is 0. The van der Waals surface area contributed by atoms with Crippen LogP contribution in [-0.4, -0.2) is 15.8 Å². The van der Waals surface area contributed by atoms with Crippen molar-refractivity contribution in [3.63, 3.8) is 0 Å². The molecule has 3 rings (SSSR count). The molecule has 10 heteroatoms. The maximum absolute atomic E-state index is 13.9. The van der Waals surface area contributed by atoms with Crippen LogP contribution in [0, 0.1) is 21.7 Å². The Morgan fingerprint density at radius 1 is 1.23 bits per heavy atom. The number of aromatic amines is 1. The molecule has 7 nitrogen and oxygen atoms in total. The first-order chi connectivity index (χ1) is 12.3. The molecule has 3 aromatic rings. The Kier molecular flexibility index (Phi) is 4.39. The van der Waals surface area contributed by atoms with E-state index in [1.165, 1.54) is 12.1 Å². The van der Waals surface area contributed by atoms with Gasteiger partial charge >= 0.3 is 0 Å². The molecular formula is C16H8ClF2N3O4. The summed E-state index contributed by atoms with van der Waals surface area (Å²) in [5, 5.41) is 12.6. The van der Waals surface area contributed by atoms with Crippen LogP contribution in [0.5, 0.6) is 0 Å². The first-order valence-corrected chi connectivity index (χ1v) is 7.41. The number of halogens is 3. The fourth-order valence-corrected chi connectivity index (χ4v) is 2.55. The molecule has 0 unspecified atom stereocenters. The molecule has 0 bridgehead atoms. The van der Waals surface area contributed by atoms with E-state index in [0.717, 1.165) is 18.3 Å². The molecule has 132 valence electrons. The number of nitrogens with one attached hydrogen (secondary N) is 2. The molecule has 0 fully saturated rings. The number of nitro groups is 1. The van der Waals surface area contributed by atoms with E-state index >= 15 is 0 Å². The Balaban J connectivity index is 2.01. The molecule has 0 atom stereocenters. The molecule has 0 saturated carbocycles. The van der Waals surface area contributed by atoms with Gasteiger partial charge in [0.1, 0.15) is 22.2 Å². The number of carbonyl (C=O) groups is 1. The fraction of sp³-hybridized carbons (Fsp3) is 0. The number of nitrogens with zero attached hydrogens (tertiary/aromatic N) is 1. The Labute approximate surface area is 148 Å². The number of hydrogen-bond acceptors (Lipinski definition) is 4. The maximum Gasteiger partial charge on any atom is 0.289 e. The highest BCUT2D eigenvalue weighted by Gasteiger charge is 2.18. The number of anilines is 1. The molecule has 1 heterocycles. The topological polar surface area (TPSA) is 105 Å². The minimum absolute atomic E-state index is 0.0187. The van der Waals surface area contributed by atoms with Crippen LogP contribution in [0.4, 0.5) is 20.2 Å². The standard InChI is InChI=1S/C16H8ClF2N3O4/c17-10-2-1-8(5-13(10)22(25)26)21-16(24)9-6-20-12-4-7(18)3-11(19)14(12)15(9)23/h1-6H,(H,20,23)(H,21,24). The van der Waals surface area contributed by atoms with E-state index in [9.17, 15) is 28.5 Å². The number of aromatic nitrogens is 1. The molecule has 0 saturated heterocycles. The van der Waals surface area contributed by atoms with Crippen LogP contribution >= 0.6 is 11.6 Å². The molecule has 0 spiro atoms. The number of rotatable bonds is 3. The molecule has 0 aliphatic carbocycles. The lowest BCUT2D eigenvalue weighted by Gasteiger charge is -2.07. The third-order valence-corrected chi connectivity index (χ3v) is 3.86. The number of fused-ring (bicyclic) bond motifs is 1. The zero-order valence-corrected chi connectivity index (χ0v) is 13.4. The van der Waals surface area contributed by atoms with Crippen LogP contribution in [0.1, 0.15) is 10.4 Å². The van der Waals surface area contributed by atoms with Gasteiger partial charge in [-0.25, -0.2) is 8.78 Å². The minimum Gasteiger partial charge on any atom is -0.360 e. The van der Waals surface area contributed by atoms with Gasteiger partial charge in [-0.05, 0) is 18.2 Å². The SMILES string of the molecule is O=C(Nc1ccc(Cl)c([N+](=O)[O-])c1)c1c[nH]c2cc(F)cc(F)c2c1=O. The molecule has 1 amide bonds. The lowest BCUT2D eigenvalue weighted by molar-refractivity contribution is -0.384. The van der Waals surface area contributed by atoms with Crippen LogP contribution in [0.15, 0.2) is 41.3 Å². The van der Waals surface area contributed by atoms with E-state index < -0.39 is 44.5 Å². The molecule has 2 aromatic carbocycles. The van der Waals surface area contributed by atoms with Gasteiger partial charge in [0.2, 0.25) is 5.43 Å². The van der Waals surface area contributed by atoms with E-state index in [4.69, 9.17) is 11.6 Å². The molecule has 0 radical (unpaired) electrons. The normalized spacial score (nSPS) is 10.7. The fourth-order valence-electron chi connectivity index (χ4n) is 2.37. The first kappa shape index (κ1) is 17.5. The molecule has 0 aliphatic rings. The van der Waals surface area contributed by atoms with Crippen molar-refractivity contribution in [1.82, 2.24) is 4.98 Å². The predicted octanol–water partition coefficient (Wildman–Crippen LogP) is 3.62. The van der Waals surface area contributed by atoms with Gasteiger partial charge < -0.3 is 10.3 Å². The van der Waals surface area contributed by atoms with Gasteiger partial charge in [-0.3, -0.25) is 19.7 Å². The van der Waals surface area contributed by atoms with E-state index in [1.807, 2.05) is 0 Å². The number of carbonyl (C=O) groups excluding carboxylic acids is 1. The number of hydrogen-bond donors (Lipinski definition) is 2. The highest BCUT2D eigenvalue weighted by atomic mass is 35.5. The van der Waals surface area contributed by atoms with Crippen molar-refractivity contribution in [2.45, 2.75) is 0 Å². The van der Waals surface area contributed by atoms with Crippen molar-refractivity contribution in [2.24, 2.45) is 0 Å². The van der Waals surface area contributed by atoms with Crippen molar-refractivity contribution in [2.75, 3.05) is 5.32 Å². The lowest BCUT2D eigenvalue weighted by Crippen LogP contribution is -2.22. The number of nitro benzene ring substituents is 1. The molecule has 2 N–H and O–H groups in total.